The average molecular weight is 383 g/mol. The molecule has 0 saturated carbocycles. The number of amides is 2. The third-order valence-electron chi connectivity index (χ3n) is 6.16. The number of nitrogens with zero attached hydrogens (tertiary/aromatic N) is 2. The Bertz CT molecular complexity index is 838. The molecule has 0 unspecified atom stereocenters. The molecule has 6 nitrogen and oxygen atoms in total. The van der Waals surface area contributed by atoms with E-state index in [9.17, 15) is 9.59 Å². The molecule has 2 aromatic rings. The minimum absolute atomic E-state index is 0.0946. The molecule has 0 bridgehead atoms. The number of fused-ring (bicyclic) bond motifs is 1. The molecule has 2 saturated heterocycles. The van der Waals surface area contributed by atoms with Crippen LogP contribution in [0.1, 0.15) is 44.1 Å². The highest BCUT2D eigenvalue weighted by atomic mass is 16.6. The van der Waals surface area contributed by atoms with Crippen LogP contribution in [0.25, 0.3) is 10.9 Å². The molecule has 150 valence electrons. The predicted octanol–water partition coefficient (Wildman–Crippen LogP) is 3.74. The summed E-state index contributed by atoms with van der Waals surface area (Å²) in [6.07, 6.45) is 5.53. The van der Waals surface area contributed by atoms with E-state index >= 15 is 0 Å². The van der Waals surface area contributed by atoms with Crippen molar-refractivity contribution < 1.29 is 14.3 Å². The van der Waals surface area contributed by atoms with Gasteiger partial charge in [0, 0.05) is 43.3 Å². The number of likely N-dealkylation sites (tertiary alicyclic amines) is 2. The van der Waals surface area contributed by atoms with Gasteiger partial charge in [0.1, 0.15) is 0 Å². The summed E-state index contributed by atoms with van der Waals surface area (Å²) in [7, 11) is 0. The zero-order valence-corrected chi connectivity index (χ0v) is 16.5. The summed E-state index contributed by atoms with van der Waals surface area (Å²) in [5.74, 6) is 0.594. The molecule has 28 heavy (non-hydrogen) atoms. The molecule has 1 N–H and O–H groups in total. The molecule has 0 spiro atoms. The molecule has 0 aliphatic carbocycles. The summed E-state index contributed by atoms with van der Waals surface area (Å²) < 4.78 is 5.10. The number of piperidine rings is 2. The summed E-state index contributed by atoms with van der Waals surface area (Å²) in [5.41, 5.74) is 2.55. The molecular formula is C22H29N3O3. The monoisotopic (exact) mass is 383 g/mol. The van der Waals surface area contributed by atoms with Crippen molar-refractivity contribution in [2.24, 2.45) is 5.92 Å². The Kier molecular flexibility index (Phi) is 5.55. The second kappa shape index (κ2) is 8.25. The van der Waals surface area contributed by atoms with Crippen molar-refractivity contribution in [3.8, 4) is 0 Å². The maximum Gasteiger partial charge on any atom is 0.409 e. The van der Waals surface area contributed by atoms with Gasteiger partial charge in [-0.3, -0.25) is 4.79 Å². The van der Waals surface area contributed by atoms with E-state index in [2.05, 4.69) is 29.4 Å². The first-order valence-corrected chi connectivity index (χ1v) is 10.4. The van der Waals surface area contributed by atoms with Crippen LogP contribution < -0.4 is 0 Å². The van der Waals surface area contributed by atoms with Crippen molar-refractivity contribution in [1.29, 1.82) is 0 Å². The molecule has 6 heteroatoms. The van der Waals surface area contributed by atoms with Gasteiger partial charge >= 0.3 is 6.09 Å². The van der Waals surface area contributed by atoms with E-state index in [0.29, 0.717) is 25.6 Å². The van der Waals surface area contributed by atoms with Crippen LogP contribution >= 0.6 is 0 Å². The fourth-order valence-corrected chi connectivity index (χ4v) is 4.66. The number of aromatic amines is 1. The second-order valence-corrected chi connectivity index (χ2v) is 7.87. The van der Waals surface area contributed by atoms with Gasteiger partial charge in [-0.1, -0.05) is 18.2 Å². The number of nitrogens with one attached hydrogen (secondary N) is 1. The number of hydrogen-bond donors (Lipinski definition) is 1. The van der Waals surface area contributed by atoms with Crippen LogP contribution in [0.3, 0.4) is 0 Å². The van der Waals surface area contributed by atoms with Crippen LogP contribution in [0.15, 0.2) is 30.5 Å². The molecule has 2 fully saturated rings. The number of benzene rings is 1. The van der Waals surface area contributed by atoms with Gasteiger partial charge in [-0.15, -0.1) is 0 Å². The SMILES string of the molecule is CCOC(=O)N1CCC[C@@H](C(=O)N2CCC(c3c[nH]c4ccccc34)CC2)C1. The number of aromatic nitrogens is 1. The van der Waals surface area contributed by atoms with Crippen LogP contribution in [-0.4, -0.2) is 59.6 Å². The van der Waals surface area contributed by atoms with E-state index in [1.807, 2.05) is 17.9 Å². The lowest BCUT2D eigenvalue weighted by Crippen LogP contribution is -2.48. The van der Waals surface area contributed by atoms with E-state index in [4.69, 9.17) is 4.74 Å². The van der Waals surface area contributed by atoms with Crippen molar-refractivity contribution >= 4 is 22.9 Å². The Morgan fingerprint density at radius 3 is 2.68 bits per heavy atom. The first kappa shape index (κ1) is 18.8. The van der Waals surface area contributed by atoms with Gasteiger partial charge in [0.25, 0.3) is 0 Å². The van der Waals surface area contributed by atoms with E-state index < -0.39 is 0 Å². The number of carbonyl (C=O) groups excluding carboxylic acids is 2. The van der Waals surface area contributed by atoms with E-state index in [1.54, 1.807) is 4.90 Å². The third-order valence-corrected chi connectivity index (χ3v) is 6.16. The first-order valence-electron chi connectivity index (χ1n) is 10.4. The summed E-state index contributed by atoms with van der Waals surface area (Å²) >= 11 is 0. The van der Waals surface area contributed by atoms with Crippen molar-refractivity contribution in [3.05, 3.63) is 36.0 Å². The molecule has 2 aliphatic heterocycles. The number of hydrogen-bond acceptors (Lipinski definition) is 3. The summed E-state index contributed by atoms with van der Waals surface area (Å²) in [5, 5.41) is 1.30. The lowest BCUT2D eigenvalue weighted by atomic mass is 9.88. The van der Waals surface area contributed by atoms with Crippen molar-refractivity contribution in [1.82, 2.24) is 14.8 Å². The summed E-state index contributed by atoms with van der Waals surface area (Å²) in [4.78, 5) is 32.1. The fourth-order valence-electron chi connectivity index (χ4n) is 4.66. The van der Waals surface area contributed by atoms with Crippen LogP contribution in [0.4, 0.5) is 4.79 Å². The number of para-hydroxylation sites is 1. The number of H-pyrrole nitrogens is 1. The van der Waals surface area contributed by atoms with E-state index in [0.717, 1.165) is 38.8 Å². The molecule has 3 heterocycles. The standard InChI is InChI=1S/C22H29N3O3/c1-2-28-22(27)25-11-5-6-17(15-25)21(26)24-12-9-16(10-13-24)19-14-23-20-8-4-3-7-18(19)20/h3-4,7-8,14,16-17,23H,2,5-6,9-13,15H2,1H3/t17-/m1/s1. The molecule has 2 aliphatic rings. The zero-order valence-electron chi connectivity index (χ0n) is 16.5. The Labute approximate surface area is 165 Å². The largest absolute Gasteiger partial charge is 0.450 e. The zero-order chi connectivity index (χ0) is 19.5. The van der Waals surface area contributed by atoms with Gasteiger partial charge in [-0.05, 0) is 50.2 Å². The number of ether oxygens (including phenoxy) is 1. The van der Waals surface area contributed by atoms with Gasteiger partial charge in [0.05, 0.1) is 12.5 Å². The van der Waals surface area contributed by atoms with Crippen LogP contribution in [0.5, 0.6) is 0 Å². The highest BCUT2D eigenvalue weighted by Crippen LogP contribution is 2.34. The Morgan fingerprint density at radius 1 is 1.11 bits per heavy atom. The highest BCUT2D eigenvalue weighted by Gasteiger charge is 2.33. The maximum atomic E-state index is 13.0. The molecule has 1 atom stereocenters. The van der Waals surface area contributed by atoms with E-state index in [-0.39, 0.29) is 17.9 Å². The van der Waals surface area contributed by atoms with Gasteiger partial charge in [-0.2, -0.15) is 0 Å². The maximum absolute atomic E-state index is 13.0. The Balaban J connectivity index is 1.35. The minimum Gasteiger partial charge on any atom is -0.450 e. The number of rotatable bonds is 3. The van der Waals surface area contributed by atoms with Crippen LogP contribution in [-0.2, 0) is 9.53 Å². The molecule has 4 rings (SSSR count). The van der Waals surface area contributed by atoms with Gasteiger partial charge in [-0.25, -0.2) is 4.79 Å². The Hall–Kier alpha value is -2.50. The second-order valence-electron chi connectivity index (χ2n) is 7.87. The smallest absolute Gasteiger partial charge is 0.409 e. The van der Waals surface area contributed by atoms with Gasteiger partial charge < -0.3 is 19.5 Å². The molecule has 1 aromatic heterocycles. The van der Waals surface area contributed by atoms with Crippen molar-refractivity contribution in [2.45, 2.75) is 38.5 Å². The molecule has 2 amide bonds. The number of carbonyl (C=O) groups is 2. The highest BCUT2D eigenvalue weighted by molar-refractivity contribution is 5.84. The van der Waals surface area contributed by atoms with Gasteiger partial charge in [0.2, 0.25) is 5.91 Å². The minimum atomic E-state index is -0.293. The van der Waals surface area contributed by atoms with E-state index in [1.165, 1.54) is 16.5 Å². The fraction of sp³-hybridized carbons (Fsp3) is 0.545. The molecular weight excluding hydrogens is 354 g/mol. The Morgan fingerprint density at radius 2 is 1.89 bits per heavy atom. The van der Waals surface area contributed by atoms with Crippen molar-refractivity contribution in [2.75, 3.05) is 32.8 Å². The van der Waals surface area contributed by atoms with Crippen molar-refractivity contribution in [3.63, 3.8) is 0 Å². The summed E-state index contributed by atoms with van der Waals surface area (Å²) in [6.45, 7) is 4.93. The summed E-state index contributed by atoms with van der Waals surface area (Å²) in [6, 6.07) is 8.41. The third kappa shape index (κ3) is 3.73. The molecule has 0 radical (unpaired) electrons. The molecule has 1 aromatic carbocycles. The topological polar surface area (TPSA) is 65.6 Å². The quantitative estimate of drug-likeness (QED) is 0.878. The average Bonchev–Trinajstić information content (AvgIpc) is 3.18. The van der Waals surface area contributed by atoms with Crippen LogP contribution in [0, 0.1) is 5.92 Å². The predicted molar refractivity (Wildman–Crippen MR) is 108 cm³/mol. The first-order chi connectivity index (χ1) is 13.7. The normalized spacial score (nSPS) is 21.1. The lowest BCUT2D eigenvalue weighted by molar-refractivity contribution is -0.138. The van der Waals surface area contributed by atoms with Gasteiger partial charge in [0.15, 0.2) is 0 Å². The van der Waals surface area contributed by atoms with Crippen LogP contribution in [0.2, 0.25) is 0 Å². The lowest BCUT2D eigenvalue weighted by Gasteiger charge is -2.37.